The lowest BCUT2D eigenvalue weighted by Gasteiger charge is -2.30. The fraction of sp³-hybridized carbons (Fsp3) is 0.543. The van der Waals surface area contributed by atoms with Crippen LogP contribution in [0, 0.1) is 0 Å². The minimum atomic E-state index is -1.35. The SMILES string of the molecule is O=C1CNC(=O)CNC(=O)CNC(=O)CC(C(=O)N2CCCC2)NC(=O)C2CCCN2C(=O)C(Cc2cccnc2)NC(=O)CNC(=O)CNC(=O)CNC(=O)CN1. The first-order chi connectivity index (χ1) is 27.8. The average Bonchev–Trinajstić information content (AvgIpc) is 3.94. The minimum Gasteiger partial charge on any atom is -0.347 e. The Morgan fingerprint density at radius 1 is 0.603 bits per heavy atom. The van der Waals surface area contributed by atoms with E-state index in [4.69, 9.17) is 0 Å². The molecule has 3 aliphatic rings. The van der Waals surface area contributed by atoms with Crippen molar-refractivity contribution in [2.75, 3.05) is 65.4 Å². The van der Waals surface area contributed by atoms with E-state index in [1.54, 1.807) is 12.1 Å². The third kappa shape index (κ3) is 14.4. The summed E-state index contributed by atoms with van der Waals surface area (Å²) in [6.07, 6.45) is 4.53. The van der Waals surface area contributed by atoms with Crippen molar-refractivity contribution in [3.05, 3.63) is 30.1 Å². The summed E-state index contributed by atoms with van der Waals surface area (Å²) in [5.74, 6) is -7.96. The zero-order valence-electron chi connectivity index (χ0n) is 31.7. The highest BCUT2D eigenvalue weighted by Crippen LogP contribution is 2.21. The molecule has 3 unspecified atom stereocenters. The molecule has 1 aromatic rings. The highest BCUT2D eigenvalue weighted by molar-refractivity contribution is 5.98. The smallest absolute Gasteiger partial charge is 0.246 e. The number of fused-ring (bicyclic) bond motifs is 1. The van der Waals surface area contributed by atoms with Gasteiger partial charge in [-0.05, 0) is 37.3 Å². The van der Waals surface area contributed by atoms with Gasteiger partial charge in [-0.3, -0.25) is 57.7 Å². The van der Waals surface area contributed by atoms with Crippen LogP contribution in [0.2, 0.25) is 0 Å². The third-order valence-electron chi connectivity index (χ3n) is 9.18. The number of rotatable bonds is 3. The van der Waals surface area contributed by atoms with E-state index in [9.17, 15) is 52.7 Å². The molecule has 11 amide bonds. The van der Waals surface area contributed by atoms with E-state index in [-0.39, 0.29) is 19.4 Å². The van der Waals surface area contributed by atoms with Crippen LogP contribution in [-0.4, -0.2) is 163 Å². The number of hydrogen-bond acceptors (Lipinski definition) is 12. The Labute approximate surface area is 332 Å². The predicted molar refractivity (Wildman–Crippen MR) is 198 cm³/mol. The summed E-state index contributed by atoms with van der Waals surface area (Å²) >= 11 is 0. The monoisotopic (exact) mass is 812 g/mol. The van der Waals surface area contributed by atoms with Gasteiger partial charge in [0.25, 0.3) is 0 Å². The van der Waals surface area contributed by atoms with Gasteiger partial charge in [0, 0.05) is 38.4 Å². The topological polar surface area (TPSA) is 315 Å². The zero-order chi connectivity index (χ0) is 42.0. The first kappa shape index (κ1) is 44.0. The van der Waals surface area contributed by atoms with Gasteiger partial charge in [0.05, 0.1) is 52.2 Å². The van der Waals surface area contributed by atoms with Crippen molar-refractivity contribution in [3.8, 4) is 0 Å². The number of likely N-dealkylation sites (tertiary alicyclic amines) is 1. The van der Waals surface area contributed by atoms with Crippen LogP contribution in [0.15, 0.2) is 24.5 Å². The molecule has 58 heavy (non-hydrogen) atoms. The molecule has 3 aliphatic heterocycles. The zero-order valence-corrected chi connectivity index (χ0v) is 31.7. The van der Waals surface area contributed by atoms with Gasteiger partial charge < -0.3 is 57.7 Å². The molecule has 4 heterocycles. The molecule has 0 saturated carbocycles. The molecule has 0 aromatic carbocycles. The Bertz CT molecular complexity index is 1740. The number of carbonyl (C=O) groups excluding carboxylic acids is 11. The molecule has 0 bridgehead atoms. The second-order valence-electron chi connectivity index (χ2n) is 13.6. The quantitative estimate of drug-likeness (QED) is 0.138. The lowest BCUT2D eigenvalue weighted by atomic mass is 10.1. The lowest BCUT2D eigenvalue weighted by Crippen LogP contribution is -2.58. The Balaban J connectivity index is 1.50. The number of aromatic nitrogens is 1. The molecule has 4 rings (SSSR count). The third-order valence-corrected chi connectivity index (χ3v) is 9.18. The van der Waals surface area contributed by atoms with Crippen LogP contribution >= 0.6 is 0 Å². The van der Waals surface area contributed by atoms with E-state index < -0.39 is 135 Å². The van der Waals surface area contributed by atoms with Gasteiger partial charge in [0.2, 0.25) is 65.0 Å². The second kappa shape index (κ2) is 22.2. The summed E-state index contributed by atoms with van der Waals surface area (Å²) in [6.45, 7) is -3.00. The van der Waals surface area contributed by atoms with Gasteiger partial charge in [-0.1, -0.05) is 6.07 Å². The molecular weight excluding hydrogens is 764 g/mol. The average molecular weight is 813 g/mol. The number of hydrogen-bond donors (Lipinski definition) is 9. The van der Waals surface area contributed by atoms with Crippen LogP contribution in [0.1, 0.15) is 37.7 Å². The molecule has 3 saturated heterocycles. The van der Waals surface area contributed by atoms with Gasteiger partial charge in [-0.2, -0.15) is 0 Å². The van der Waals surface area contributed by atoms with E-state index in [1.807, 2.05) is 0 Å². The fourth-order valence-corrected chi connectivity index (χ4v) is 6.21. The fourth-order valence-electron chi connectivity index (χ4n) is 6.21. The van der Waals surface area contributed by atoms with Crippen molar-refractivity contribution in [3.63, 3.8) is 0 Å². The standard InChI is InChI=1S/C35H48N12O11/c48-25-12-23(34(57)46-8-1-2-9-46)45-33(56)24-6-4-10-47(24)35(58)22(11-21-5-3-7-36-13-21)44-32(55)20-43-31(54)19-42-30(53)18-41-29(52)17-40-28(51)16-39-27(50)15-38-26(49)14-37-25/h3,5,7,13,22-24H,1-2,4,6,8-12,14-20H2,(H,37,48)(H,38,49)(H,39,50)(H,40,51)(H,41,52)(H,42,53)(H,43,54)(H,44,55)(H,45,56). The summed E-state index contributed by atoms with van der Waals surface area (Å²) in [6, 6.07) is -0.311. The van der Waals surface area contributed by atoms with Crippen LogP contribution in [0.3, 0.4) is 0 Å². The van der Waals surface area contributed by atoms with Crippen LogP contribution < -0.4 is 47.9 Å². The van der Waals surface area contributed by atoms with Gasteiger partial charge >= 0.3 is 0 Å². The Morgan fingerprint density at radius 2 is 1.09 bits per heavy atom. The normalized spacial score (nSPS) is 23.6. The number of pyridine rings is 1. The maximum atomic E-state index is 14.1. The highest BCUT2D eigenvalue weighted by Gasteiger charge is 2.40. The molecule has 9 N–H and O–H groups in total. The Morgan fingerprint density at radius 3 is 1.57 bits per heavy atom. The van der Waals surface area contributed by atoms with Crippen LogP contribution in [0.25, 0.3) is 0 Å². The summed E-state index contributed by atoms with van der Waals surface area (Å²) in [7, 11) is 0. The summed E-state index contributed by atoms with van der Waals surface area (Å²) in [5, 5.41) is 21.1. The van der Waals surface area contributed by atoms with Crippen LogP contribution in [0.5, 0.6) is 0 Å². The molecule has 1 aromatic heterocycles. The Hall–Kier alpha value is -6.68. The number of carbonyl (C=O) groups is 11. The van der Waals surface area contributed by atoms with Crippen molar-refractivity contribution < 1.29 is 52.7 Å². The molecule has 3 fully saturated rings. The molecule has 0 spiro atoms. The van der Waals surface area contributed by atoms with E-state index in [1.165, 1.54) is 22.2 Å². The van der Waals surface area contributed by atoms with E-state index in [0.717, 1.165) is 12.8 Å². The van der Waals surface area contributed by atoms with Crippen molar-refractivity contribution in [2.24, 2.45) is 0 Å². The Kier molecular flexibility index (Phi) is 16.8. The van der Waals surface area contributed by atoms with E-state index in [0.29, 0.717) is 25.1 Å². The molecule has 23 heteroatoms. The van der Waals surface area contributed by atoms with Gasteiger partial charge in [0.1, 0.15) is 18.1 Å². The molecular formula is C35H48N12O11. The van der Waals surface area contributed by atoms with E-state index in [2.05, 4.69) is 52.8 Å². The van der Waals surface area contributed by atoms with Crippen molar-refractivity contribution in [2.45, 2.75) is 56.7 Å². The number of amides is 11. The van der Waals surface area contributed by atoms with Crippen LogP contribution in [-0.2, 0) is 59.2 Å². The molecule has 0 aliphatic carbocycles. The molecule has 314 valence electrons. The summed E-state index contributed by atoms with van der Waals surface area (Å²) in [4.78, 5) is 148. The second-order valence-corrected chi connectivity index (χ2v) is 13.6. The first-order valence-electron chi connectivity index (χ1n) is 18.7. The first-order valence-corrected chi connectivity index (χ1v) is 18.7. The van der Waals surface area contributed by atoms with Crippen molar-refractivity contribution in [1.29, 1.82) is 0 Å². The van der Waals surface area contributed by atoms with Gasteiger partial charge in [-0.15, -0.1) is 0 Å². The summed E-state index contributed by atoms with van der Waals surface area (Å²) in [5.41, 5.74) is 0.578. The maximum absolute atomic E-state index is 14.1. The maximum Gasteiger partial charge on any atom is 0.246 e. The molecule has 23 nitrogen and oxygen atoms in total. The number of nitrogens with zero attached hydrogens (tertiary/aromatic N) is 3. The van der Waals surface area contributed by atoms with E-state index >= 15 is 0 Å². The van der Waals surface area contributed by atoms with Gasteiger partial charge in [-0.25, -0.2) is 0 Å². The van der Waals surface area contributed by atoms with Gasteiger partial charge in [0.15, 0.2) is 0 Å². The molecule has 0 radical (unpaired) electrons. The molecule has 3 atom stereocenters. The predicted octanol–water partition coefficient (Wildman–Crippen LogP) is -6.58. The highest BCUT2D eigenvalue weighted by atomic mass is 16.2. The minimum absolute atomic E-state index is 0.0306. The summed E-state index contributed by atoms with van der Waals surface area (Å²) < 4.78 is 0. The number of nitrogens with one attached hydrogen (secondary N) is 9. The van der Waals surface area contributed by atoms with Crippen molar-refractivity contribution in [1.82, 2.24) is 62.6 Å². The van der Waals surface area contributed by atoms with Crippen molar-refractivity contribution >= 4 is 65.0 Å². The van der Waals surface area contributed by atoms with Crippen LogP contribution in [0.4, 0.5) is 0 Å². The lowest BCUT2D eigenvalue weighted by molar-refractivity contribution is -0.143. The largest absolute Gasteiger partial charge is 0.347 e.